The minimum atomic E-state index is -0.902. The van der Waals surface area contributed by atoms with E-state index in [0.29, 0.717) is 24.2 Å². The van der Waals surface area contributed by atoms with Crippen LogP contribution in [-0.4, -0.2) is 27.0 Å². The fourth-order valence-electron chi connectivity index (χ4n) is 2.39. The molecule has 6 heteroatoms. The average Bonchev–Trinajstić information content (AvgIpc) is 2.85. The first kappa shape index (κ1) is 12.4. The summed E-state index contributed by atoms with van der Waals surface area (Å²) in [7, 11) is 0. The molecule has 102 valence electrons. The Balaban J connectivity index is 1.97. The van der Waals surface area contributed by atoms with Gasteiger partial charge in [0.1, 0.15) is 0 Å². The molecule has 0 saturated heterocycles. The van der Waals surface area contributed by atoms with Crippen LogP contribution in [-0.2, 0) is 22.4 Å². The van der Waals surface area contributed by atoms with Gasteiger partial charge >= 0.3 is 5.97 Å². The summed E-state index contributed by atoms with van der Waals surface area (Å²) in [6, 6.07) is 5.63. The SMILES string of the molecule is O=C(O)Cc1[nH]cnc1-c1ccc2c(c1)CCC(=O)N2. The van der Waals surface area contributed by atoms with Crippen molar-refractivity contribution in [2.24, 2.45) is 0 Å². The number of aromatic nitrogens is 2. The lowest BCUT2D eigenvalue weighted by Crippen LogP contribution is -2.18. The number of hydrogen-bond acceptors (Lipinski definition) is 3. The van der Waals surface area contributed by atoms with Crippen LogP contribution in [0.3, 0.4) is 0 Å². The van der Waals surface area contributed by atoms with Gasteiger partial charge in [0.05, 0.1) is 24.1 Å². The Bertz CT molecular complexity index is 691. The van der Waals surface area contributed by atoms with Crippen LogP contribution in [0.5, 0.6) is 0 Å². The number of fused-ring (bicyclic) bond motifs is 1. The maximum absolute atomic E-state index is 11.3. The van der Waals surface area contributed by atoms with Gasteiger partial charge in [0.25, 0.3) is 0 Å². The number of aliphatic carboxylic acids is 1. The van der Waals surface area contributed by atoms with Crippen LogP contribution in [0.15, 0.2) is 24.5 Å². The summed E-state index contributed by atoms with van der Waals surface area (Å²) in [5, 5.41) is 11.7. The monoisotopic (exact) mass is 271 g/mol. The zero-order valence-corrected chi connectivity index (χ0v) is 10.6. The third-order valence-corrected chi connectivity index (χ3v) is 3.32. The van der Waals surface area contributed by atoms with Gasteiger partial charge < -0.3 is 15.4 Å². The van der Waals surface area contributed by atoms with Crippen LogP contribution in [0.2, 0.25) is 0 Å². The molecule has 6 nitrogen and oxygen atoms in total. The van der Waals surface area contributed by atoms with Crippen LogP contribution < -0.4 is 5.32 Å². The molecule has 1 aliphatic heterocycles. The average molecular weight is 271 g/mol. The molecule has 2 aromatic rings. The van der Waals surface area contributed by atoms with Crippen molar-refractivity contribution in [3.63, 3.8) is 0 Å². The number of nitrogens with one attached hydrogen (secondary N) is 2. The van der Waals surface area contributed by atoms with E-state index in [9.17, 15) is 9.59 Å². The maximum Gasteiger partial charge on any atom is 0.309 e. The van der Waals surface area contributed by atoms with E-state index in [0.717, 1.165) is 16.8 Å². The predicted molar refractivity (Wildman–Crippen MR) is 72.3 cm³/mol. The summed E-state index contributed by atoms with van der Waals surface area (Å²) < 4.78 is 0. The van der Waals surface area contributed by atoms with Crippen molar-refractivity contribution in [2.45, 2.75) is 19.3 Å². The molecule has 0 atom stereocenters. The van der Waals surface area contributed by atoms with Crippen molar-refractivity contribution in [2.75, 3.05) is 5.32 Å². The number of benzene rings is 1. The van der Waals surface area contributed by atoms with Crippen LogP contribution in [0, 0.1) is 0 Å². The van der Waals surface area contributed by atoms with Crippen molar-refractivity contribution in [1.29, 1.82) is 0 Å². The molecule has 20 heavy (non-hydrogen) atoms. The molecule has 0 unspecified atom stereocenters. The molecule has 0 saturated carbocycles. The third kappa shape index (κ3) is 2.27. The highest BCUT2D eigenvalue weighted by Crippen LogP contribution is 2.29. The van der Waals surface area contributed by atoms with E-state index >= 15 is 0 Å². The van der Waals surface area contributed by atoms with Gasteiger partial charge in [0, 0.05) is 17.7 Å². The fraction of sp³-hybridized carbons (Fsp3) is 0.214. The second-order valence-corrected chi connectivity index (χ2v) is 4.72. The quantitative estimate of drug-likeness (QED) is 0.790. The molecule has 0 radical (unpaired) electrons. The van der Waals surface area contributed by atoms with E-state index in [4.69, 9.17) is 5.11 Å². The van der Waals surface area contributed by atoms with Gasteiger partial charge in [0.2, 0.25) is 5.91 Å². The molecule has 1 amide bonds. The van der Waals surface area contributed by atoms with Crippen molar-refractivity contribution in [3.05, 3.63) is 35.8 Å². The second kappa shape index (κ2) is 4.80. The van der Waals surface area contributed by atoms with Crippen LogP contribution in [0.25, 0.3) is 11.3 Å². The van der Waals surface area contributed by atoms with Crippen molar-refractivity contribution < 1.29 is 14.7 Å². The van der Waals surface area contributed by atoms with Gasteiger partial charge in [0.15, 0.2) is 0 Å². The minimum absolute atomic E-state index is 0.0246. The lowest BCUT2D eigenvalue weighted by molar-refractivity contribution is -0.136. The highest BCUT2D eigenvalue weighted by atomic mass is 16.4. The molecular weight excluding hydrogens is 258 g/mol. The summed E-state index contributed by atoms with van der Waals surface area (Å²) in [6.07, 6.45) is 2.56. The number of amides is 1. The molecule has 1 aromatic heterocycles. The summed E-state index contributed by atoms with van der Waals surface area (Å²) in [4.78, 5) is 29.2. The van der Waals surface area contributed by atoms with E-state index in [1.54, 1.807) is 0 Å². The number of imidazole rings is 1. The lowest BCUT2D eigenvalue weighted by atomic mass is 9.98. The van der Waals surface area contributed by atoms with Crippen molar-refractivity contribution in [1.82, 2.24) is 9.97 Å². The van der Waals surface area contributed by atoms with E-state index in [1.807, 2.05) is 18.2 Å². The number of carboxylic acid groups (broad SMARTS) is 1. The van der Waals surface area contributed by atoms with Gasteiger partial charge in [-0.1, -0.05) is 6.07 Å². The minimum Gasteiger partial charge on any atom is -0.481 e. The Kier molecular flexibility index (Phi) is 2.98. The molecule has 1 aliphatic rings. The largest absolute Gasteiger partial charge is 0.481 e. The number of aryl methyl sites for hydroxylation is 1. The van der Waals surface area contributed by atoms with Crippen LogP contribution in [0.1, 0.15) is 17.7 Å². The Morgan fingerprint density at radius 1 is 1.35 bits per heavy atom. The Hall–Kier alpha value is -2.63. The molecule has 0 bridgehead atoms. The van der Waals surface area contributed by atoms with Crippen molar-refractivity contribution >= 4 is 17.6 Å². The number of H-pyrrole nitrogens is 1. The standard InChI is InChI=1S/C14H13N3O3/c18-12-4-2-8-5-9(1-3-10(8)17-12)14-11(6-13(19)20)15-7-16-14/h1,3,5,7H,2,4,6H2,(H,15,16)(H,17,18)(H,19,20). The smallest absolute Gasteiger partial charge is 0.309 e. The summed E-state index contributed by atoms with van der Waals surface area (Å²) >= 11 is 0. The number of carbonyl (C=O) groups is 2. The first-order chi connectivity index (χ1) is 9.63. The fourth-order valence-corrected chi connectivity index (χ4v) is 2.39. The van der Waals surface area contributed by atoms with Gasteiger partial charge in [-0.05, 0) is 24.1 Å². The van der Waals surface area contributed by atoms with Gasteiger partial charge in [-0.25, -0.2) is 4.98 Å². The Labute approximate surface area is 114 Å². The summed E-state index contributed by atoms with van der Waals surface area (Å²) in [5.74, 6) is -0.877. The van der Waals surface area contributed by atoms with Crippen molar-refractivity contribution in [3.8, 4) is 11.3 Å². The molecule has 1 aromatic carbocycles. The number of carbonyl (C=O) groups excluding carboxylic acids is 1. The highest BCUT2D eigenvalue weighted by Gasteiger charge is 2.17. The first-order valence-corrected chi connectivity index (χ1v) is 6.30. The van der Waals surface area contributed by atoms with E-state index in [-0.39, 0.29) is 12.3 Å². The number of rotatable bonds is 3. The zero-order valence-electron chi connectivity index (χ0n) is 10.6. The molecule has 2 heterocycles. The lowest BCUT2D eigenvalue weighted by Gasteiger charge is -2.17. The number of anilines is 1. The number of hydrogen-bond donors (Lipinski definition) is 3. The number of nitrogens with zero attached hydrogens (tertiary/aromatic N) is 1. The van der Waals surface area contributed by atoms with Gasteiger partial charge in [-0.3, -0.25) is 9.59 Å². The van der Waals surface area contributed by atoms with Crippen LogP contribution in [0.4, 0.5) is 5.69 Å². The normalized spacial score (nSPS) is 13.7. The van der Waals surface area contributed by atoms with Gasteiger partial charge in [-0.2, -0.15) is 0 Å². The molecule has 0 spiro atoms. The third-order valence-electron chi connectivity index (χ3n) is 3.32. The molecular formula is C14H13N3O3. The molecule has 0 aliphatic carbocycles. The maximum atomic E-state index is 11.3. The predicted octanol–water partition coefficient (Wildman–Crippen LogP) is 1.59. The van der Waals surface area contributed by atoms with E-state index in [1.165, 1.54) is 6.33 Å². The highest BCUT2D eigenvalue weighted by molar-refractivity contribution is 5.94. The van der Waals surface area contributed by atoms with E-state index < -0.39 is 5.97 Å². The molecule has 3 rings (SSSR count). The molecule has 0 fully saturated rings. The van der Waals surface area contributed by atoms with E-state index in [2.05, 4.69) is 15.3 Å². The second-order valence-electron chi connectivity index (χ2n) is 4.72. The molecule has 3 N–H and O–H groups in total. The summed E-state index contributed by atoms with van der Waals surface area (Å²) in [6.45, 7) is 0. The number of aromatic amines is 1. The van der Waals surface area contributed by atoms with Crippen LogP contribution >= 0.6 is 0 Å². The topological polar surface area (TPSA) is 95.1 Å². The Morgan fingerprint density at radius 2 is 2.20 bits per heavy atom. The first-order valence-electron chi connectivity index (χ1n) is 6.30. The van der Waals surface area contributed by atoms with Gasteiger partial charge in [-0.15, -0.1) is 0 Å². The zero-order chi connectivity index (χ0) is 14.1. The summed E-state index contributed by atoms with van der Waals surface area (Å²) in [5.41, 5.74) is 3.95. The number of carboxylic acids is 1. The Morgan fingerprint density at radius 3 is 3.00 bits per heavy atom.